The van der Waals surface area contributed by atoms with Gasteiger partial charge in [-0.05, 0) is 25.3 Å². The van der Waals surface area contributed by atoms with Crippen LogP contribution >= 0.6 is 0 Å². The number of carboxylic acid groups (broad SMARTS) is 1. The first-order chi connectivity index (χ1) is 9.99. The fraction of sp³-hybridized carbons (Fsp3) is 0.400. The fourth-order valence-electron chi connectivity index (χ4n) is 1.81. The molecule has 0 bridgehead atoms. The summed E-state index contributed by atoms with van der Waals surface area (Å²) in [5, 5.41) is 13.4. The molecule has 3 amide bonds. The quantitative estimate of drug-likeness (QED) is 0.671. The lowest BCUT2D eigenvalue weighted by Crippen LogP contribution is -2.40. The maximum atomic E-state index is 11.6. The van der Waals surface area contributed by atoms with Gasteiger partial charge in [0, 0.05) is 12.8 Å². The lowest BCUT2D eigenvalue weighted by molar-refractivity contribution is -0.137. The fourth-order valence-corrected chi connectivity index (χ4v) is 1.81. The van der Waals surface area contributed by atoms with Crippen molar-refractivity contribution in [3.63, 3.8) is 0 Å². The van der Waals surface area contributed by atoms with Crippen LogP contribution in [0.4, 0.5) is 4.79 Å². The van der Waals surface area contributed by atoms with E-state index in [2.05, 4.69) is 10.6 Å². The number of benzene rings is 1. The minimum atomic E-state index is -0.884. The number of imide groups is 1. The van der Waals surface area contributed by atoms with Crippen molar-refractivity contribution in [1.29, 1.82) is 0 Å². The molecule has 1 unspecified atom stereocenters. The monoisotopic (exact) mass is 292 g/mol. The number of hydrogen-bond donors (Lipinski definition) is 3. The SMILES string of the molecule is CC(NC(=O)NC(=O)CCCCC(=O)O)c1ccccc1. The Hall–Kier alpha value is -2.37. The van der Waals surface area contributed by atoms with Crippen molar-refractivity contribution in [2.45, 2.75) is 38.6 Å². The predicted molar refractivity (Wildman–Crippen MR) is 77.6 cm³/mol. The van der Waals surface area contributed by atoms with Crippen LogP contribution in [-0.2, 0) is 9.59 Å². The van der Waals surface area contributed by atoms with E-state index in [1.165, 1.54) is 0 Å². The van der Waals surface area contributed by atoms with Crippen molar-refractivity contribution in [3.05, 3.63) is 35.9 Å². The van der Waals surface area contributed by atoms with Crippen LogP contribution in [0.3, 0.4) is 0 Å². The van der Waals surface area contributed by atoms with Crippen molar-refractivity contribution in [2.75, 3.05) is 0 Å². The Bertz CT molecular complexity index is 488. The normalized spacial score (nSPS) is 11.5. The first kappa shape index (κ1) is 16.7. The first-order valence-corrected chi connectivity index (χ1v) is 6.86. The summed E-state index contributed by atoms with van der Waals surface area (Å²) >= 11 is 0. The topological polar surface area (TPSA) is 95.5 Å². The van der Waals surface area contributed by atoms with Crippen LogP contribution in [0.25, 0.3) is 0 Å². The standard InChI is InChI=1S/C15H20N2O4/c1-11(12-7-3-2-4-8-12)16-15(21)17-13(18)9-5-6-10-14(19)20/h2-4,7-8,11H,5-6,9-10H2,1H3,(H,19,20)(H2,16,17,18,21). The number of nitrogens with one attached hydrogen (secondary N) is 2. The molecule has 21 heavy (non-hydrogen) atoms. The molecule has 114 valence electrons. The Morgan fingerprint density at radius 2 is 1.71 bits per heavy atom. The van der Waals surface area contributed by atoms with Gasteiger partial charge in [0.15, 0.2) is 0 Å². The molecule has 0 aliphatic carbocycles. The van der Waals surface area contributed by atoms with Gasteiger partial charge in [0.25, 0.3) is 0 Å². The number of hydrogen-bond acceptors (Lipinski definition) is 3. The molecule has 1 aromatic rings. The third kappa shape index (κ3) is 7.10. The van der Waals surface area contributed by atoms with Crippen molar-refractivity contribution >= 4 is 17.9 Å². The molecule has 0 radical (unpaired) electrons. The van der Waals surface area contributed by atoms with E-state index in [1.807, 2.05) is 37.3 Å². The van der Waals surface area contributed by atoms with Gasteiger partial charge in [-0.2, -0.15) is 0 Å². The molecule has 0 aromatic heterocycles. The van der Waals surface area contributed by atoms with Crippen LogP contribution < -0.4 is 10.6 Å². The van der Waals surface area contributed by atoms with Crippen LogP contribution in [-0.4, -0.2) is 23.0 Å². The van der Waals surface area contributed by atoms with Gasteiger partial charge in [0.1, 0.15) is 0 Å². The van der Waals surface area contributed by atoms with Crippen molar-refractivity contribution in [1.82, 2.24) is 10.6 Å². The highest BCUT2D eigenvalue weighted by atomic mass is 16.4. The van der Waals surface area contributed by atoms with Crippen molar-refractivity contribution < 1.29 is 19.5 Å². The molecule has 0 saturated heterocycles. The second-order valence-electron chi connectivity index (χ2n) is 4.75. The molecule has 0 spiro atoms. The van der Waals surface area contributed by atoms with Crippen LogP contribution in [0.1, 0.15) is 44.2 Å². The Morgan fingerprint density at radius 1 is 1.10 bits per heavy atom. The highest BCUT2D eigenvalue weighted by molar-refractivity contribution is 5.94. The van der Waals surface area contributed by atoms with Crippen LogP contribution in [0.15, 0.2) is 30.3 Å². The van der Waals surface area contributed by atoms with E-state index in [1.54, 1.807) is 0 Å². The van der Waals surface area contributed by atoms with Gasteiger partial charge in [-0.25, -0.2) is 4.79 Å². The van der Waals surface area contributed by atoms with E-state index in [0.29, 0.717) is 12.8 Å². The molecule has 1 atom stereocenters. The van der Waals surface area contributed by atoms with Crippen LogP contribution in [0, 0.1) is 0 Å². The largest absolute Gasteiger partial charge is 0.481 e. The van der Waals surface area contributed by atoms with Gasteiger partial charge in [0.2, 0.25) is 5.91 Å². The second kappa shape index (κ2) is 8.73. The lowest BCUT2D eigenvalue weighted by atomic mass is 10.1. The Labute approximate surface area is 123 Å². The highest BCUT2D eigenvalue weighted by Gasteiger charge is 2.11. The molecule has 0 aliphatic heterocycles. The zero-order chi connectivity index (χ0) is 15.7. The highest BCUT2D eigenvalue weighted by Crippen LogP contribution is 2.10. The molecule has 0 saturated carbocycles. The molecule has 6 heteroatoms. The van der Waals surface area contributed by atoms with E-state index in [9.17, 15) is 14.4 Å². The predicted octanol–water partition coefficient (Wildman–Crippen LogP) is 2.22. The zero-order valence-electron chi connectivity index (χ0n) is 12.0. The second-order valence-corrected chi connectivity index (χ2v) is 4.75. The van der Waals surface area contributed by atoms with Crippen molar-refractivity contribution in [3.8, 4) is 0 Å². The molecule has 0 fully saturated rings. The zero-order valence-corrected chi connectivity index (χ0v) is 12.0. The summed E-state index contributed by atoms with van der Waals surface area (Å²) in [6.45, 7) is 1.83. The van der Waals surface area contributed by atoms with Gasteiger partial charge in [-0.15, -0.1) is 0 Å². The number of urea groups is 1. The molecule has 1 rings (SSSR count). The minimum absolute atomic E-state index is 0.0323. The number of carboxylic acids is 1. The summed E-state index contributed by atoms with van der Waals surface area (Å²) in [7, 11) is 0. The van der Waals surface area contributed by atoms with Crippen LogP contribution in [0.2, 0.25) is 0 Å². The maximum absolute atomic E-state index is 11.6. The molecular formula is C15H20N2O4. The third-order valence-electron chi connectivity index (χ3n) is 2.94. The smallest absolute Gasteiger partial charge is 0.321 e. The van der Waals surface area contributed by atoms with Gasteiger partial charge in [-0.1, -0.05) is 30.3 Å². The van der Waals surface area contributed by atoms with Gasteiger partial charge >= 0.3 is 12.0 Å². The van der Waals surface area contributed by atoms with Gasteiger partial charge < -0.3 is 10.4 Å². The van der Waals surface area contributed by atoms with E-state index >= 15 is 0 Å². The number of aliphatic carboxylic acids is 1. The molecule has 6 nitrogen and oxygen atoms in total. The van der Waals surface area contributed by atoms with E-state index in [4.69, 9.17) is 5.11 Å². The summed E-state index contributed by atoms with van der Waals surface area (Å²) in [4.78, 5) is 33.5. The minimum Gasteiger partial charge on any atom is -0.481 e. The summed E-state index contributed by atoms with van der Waals surface area (Å²) < 4.78 is 0. The van der Waals surface area contributed by atoms with E-state index in [0.717, 1.165) is 5.56 Å². The summed E-state index contributed by atoms with van der Waals surface area (Å²) in [6.07, 6.45) is 1.04. The molecule has 0 aliphatic rings. The average molecular weight is 292 g/mol. The number of rotatable bonds is 7. The first-order valence-electron chi connectivity index (χ1n) is 6.86. The average Bonchev–Trinajstić information content (AvgIpc) is 2.44. The number of unbranched alkanes of at least 4 members (excludes halogenated alkanes) is 1. The Balaban J connectivity index is 2.26. The molecule has 3 N–H and O–H groups in total. The Morgan fingerprint density at radius 3 is 2.33 bits per heavy atom. The molecule has 0 heterocycles. The van der Waals surface area contributed by atoms with E-state index < -0.39 is 17.9 Å². The number of amides is 3. The van der Waals surface area contributed by atoms with Crippen molar-refractivity contribution in [2.24, 2.45) is 0 Å². The summed E-state index contributed by atoms with van der Waals surface area (Å²) in [5.41, 5.74) is 0.946. The van der Waals surface area contributed by atoms with E-state index in [-0.39, 0.29) is 18.9 Å². The lowest BCUT2D eigenvalue weighted by Gasteiger charge is -2.14. The third-order valence-corrected chi connectivity index (χ3v) is 2.94. The van der Waals surface area contributed by atoms with Crippen LogP contribution in [0.5, 0.6) is 0 Å². The molecular weight excluding hydrogens is 272 g/mol. The Kier molecular flexibility index (Phi) is 6.94. The number of carbonyl (C=O) groups excluding carboxylic acids is 2. The van der Waals surface area contributed by atoms with Gasteiger partial charge in [0.05, 0.1) is 6.04 Å². The summed E-state index contributed by atoms with van der Waals surface area (Å²) in [6, 6.07) is 8.66. The molecule has 1 aromatic carbocycles. The maximum Gasteiger partial charge on any atom is 0.321 e. The number of carbonyl (C=O) groups is 3. The summed E-state index contributed by atoms with van der Waals surface area (Å²) in [5.74, 6) is -1.29. The van der Waals surface area contributed by atoms with Gasteiger partial charge in [-0.3, -0.25) is 14.9 Å².